The summed E-state index contributed by atoms with van der Waals surface area (Å²) in [6.45, 7) is 7.56. The van der Waals surface area contributed by atoms with Crippen LogP contribution >= 0.6 is 0 Å². The van der Waals surface area contributed by atoms with Gasteiger partial charge in [0.05, 0.1) is 5.69 Å². The quantitative estimate of drug-likeness (QED) is 0.871. The minimum atomic E-state index is 0.0113. The standard InChI is InChI=1S/C14H25N3/c1-4-12-8-13(17(5-2)16-12)10-14(15)7-6-11(3)9-14/h8,11H,4-7,9-10,15H2,1-3H3. The van der Waals surface area contributed by atoms with E-state index in [1.165, 1.54) is 17.8 Å². The summed E-state index contributed by atoms with van der Waals surface area (Å²) in [7, 11) is 0. The molecule has 0 aromatic carbocycles. The number of aryl methyl sites for hydroxylation is 2. The van der Waals surface area contributed by atoms with E-state index in [1.54, 1.807) is 0 Å². The van der Waals surface area contributed by atoms with Gasteiger partial charge in [-0.25, -0.2) is 0 Å². The monoisotopic (exact) mass is 235 g/mol. The average Bonchev–Trinajstić information content (AvgIpc) is 2.83. The minimum Gasteiger partial charge on any atom is -0.325 e. The van der Waals surface area contributed by atoms with E-state index in [0.29, 0.717) is 0 Å². The van der Waals surface area contributed by atoms with Crippen LogP contribution in [0.5, 0.6) is 0 Å². The maximum atomic E-state index is 6.51. The Hall–Kier alpha value is -0.830. The summed E-state index contributed by atoms with van der Waals surface area (Å²) in [5.74, 6) is 0.781. The van der Waals surface area contributed by atoms with Gasteiger partial charge in [-0.3, -0.25) is 4.68 Å². The van der Waals surface area contributed by atoms with Crippen LogP contribution in [0.2, 0.25) is 0 Å². The molecule has 1 aromatic heterocycles. The third kappa shape index (κ3) is 2.71. The zero-order valence-corrected chi connectivity index (χ0v) is 11.4. The van der Waals surface area contributed by atoms with Gasteiger partial charge >= 0.3 is 0 Å². The Morgan fingerprint density at radius 2 is 2.29 bits per heavy atom. The molecule has 1 heterocycles. The highest BCUT2D eigenvalue weighted by atomic mass is 15.3. The molecule has 0 radical (unpaired) electrons. The minimum absolute atomic E-state index is 0.0113. The Kier molecular flexibility index (Phi) is 3.57. The molecular formula is C14H25N3. The van der Waals surface area contributed by atoms with E-state index in [2.05, 4.69) is 36.6 Å². The molecule has 1 fully saturated rings. The van der Waals surface area contributed by atoms with E-state index in [1.807, 2.05) is 0 Å². The SMILES string of the molecule is CCc1cc(CC2(N)CCC(C)C2)n(CC)n1. The first-order valence-electron chi connectivity index (χ1n) is 6.91. The second-order valence-electron chi connectivity index (χ2n) is 5.68. The molecule has 96 valence electrons. The van der Waals surface area contributed by atoms with Crippen LogP contribution in [-0.2, 0) is 19.4 Å². The Morgan fingerprint density at radius 3 is 2.82 bits per heavy atom. The van der Waals surface area contributed by atoms with Gasteiger partial charge in [-0.15, -0.1) is 0 Å². The predicted molar refractivity (Wildman–Crippen MR) is 70.9 cm³/mol. The number of rotatable bonds is 4. The highest BCUT2D eigenvalue weighted by Gasteiger charge is 2.34. The topological polar surface area (TPSA) is 43.8 Å². The molecule has 0 saturated heterocycles. The fraction of sp³-hybridized carbons (Fsp3) is 0.786. The molecule has 2 atom stereocenters. The molecule has 1 aliphatic carbocycles. The van der Waals surface area contributed by atoms with Crippen molar-refractivity contribution in [2.75, 3.05) is 0 Å². The molecule has 1 aromatic rings. The predicted octanol–water partition coefficient (Wildman–Crippen LogP) is 2.53. The lowest BCUT2D eigenvalue weighted by molar-refractivity contribution is 0.404. The van der Waals surface area contributed by atoms with Gasteiger partial charge in [-0.2, -0.15) is 5.10 Å². The van der Waals surface area contributed by atoms with Gasteiger partial charge in [0.25, 0.3) is 0 Å². The molecule has 0 spiro atoms. The average molecular weight is 235 g/mol. The number of hydrogen-bond donors (Lipinski definition) is 1. The van der Waals surface area contributed by atoms with Crippen molar-refractivity contribution in [3.63, 3.8) is 0 Å². The molecule has 0 aliphatic heterocycles. The van der Waals surface area contributed by atoms with Crippen molar-refractivity contribution in [1.82, 2.24) is 9.78 Å². The maximum absolute atomic E-state index is 6.51. The second kappa shape index (κ2) is 4.81. The normalized spacial score (nSPS) is 28.8. The van der Waals surface area contributed by atoms with Crippen molar-refractivity contribution in [1.29, 1.82) is 0 Å². The number of aromatic nitrogens is 2. The van der Waals surface area contributed by atoms with Gasteiger partial charge in [0, 0.05) is 24.2 Å². The summed E-state index contributed by atoms with van der Waals surface area (Å²) >= 11 is 0. The van der Waals surface area contributed by atoms with Crippen LogP contribution < -0.4 is 5.73 Å². The van der Waals surface area contributed by atoms with E-state index < -0.39 is 0 Å². The lowest BCUT2D eigenvalue weighted by Crippen LogP contribution is -2.39. The van der Waals surface area contributed by atoms with Gasteiger partial charge in [0.1, 0.15) is 0 Å². The van der Waals surface area contributed by atoms with Crippen LogP contribution in [0.1, 0.15) is 51.4 Å². The molecule has 0 amide bonds. The molecule has 3 nitrogen and oxygen atoms in total. The number of nitrogens with two attached hydrogens (primary N) is 1. The summed E-state index contributed by atoms with van der Waals surface area (Å²) < 4.78 is 2.12. The number of nitrogens with zero attached hydrogens (tertiary/aromatic N) is 2. The van der Waals surface area contributed by atoms with Crippen molar-refractivity contribution in [3.8, 4) is 0 Å². The lowest BCUT2D eigenvalue weighted by Gasteiger charge is -2.24. The fourth-order valence-electron chi connectivity index (χ4n) is 3.06. The lowest BCUT2D eigenvalue weighted by atomic mass is 9.91. The van der Waals surface area contributed by atoms with E-state index in [0.717, 1.165) is 38.1 Å². The van der Waals surface area contributed by atoms with Crippen LogP contribution in [0.25, 0.3) is 0 Å². The van der Waals surface area contributed by atoms with Crippen molar-refractivity contribution in [2.45, 2.75) is 65.0 Å². The molecule has 1 aliphatic rings. The van der Waals surface area contributed by atoms with Gasteiger partial charge in [0.2, 0.25) is 0 Å². The molecular weight excluding hydrogens is 210 g/mol. The van der Waals surface area contributed by atoms with E-state index in [4.69, 9.17) is 5.73 Å². The third-order valence-corrected chi connectivity index (χ3v) is 4.00. The Morgan fingerprint density at radius 1 is 1.53 bits per heavy atom. The second-order valence-corrected chi connectivity index (χ2v) is 5.68. The molecule has 3 heteroatoms. The van der Waals surface area contributed by atoms with Crippen molar-refractivity contribution in [3.05, 3.63) is 17.5 Å². The smallest absolute Gasteiger partial charge is 0.0624 e. The largest absolute Gasteiger partial charge is 0.325 e. The molecule has 17 heavy (non-hydrogen) atoms. The van der Waals surface area contributed by atoms with E-state index >= 15 is 0 Å². The van der Waals surface area contributed by atoms with Crippen LogP contribution in [0.3, 0.4) is 0 Å². The molecule has 2 unspecified atom stereocenters. The highest BCUT2D eigenvalue weighted by molar-refractivity contribution is 5.15. The van der Waals surface area contributed by atoms with Gasteiger partial charge in [-0.05, 0) is 44.6 Å². The first kappa shape index (κ1) is 12.6. The highest BCUT2D eigenvalue weighted by Crippen LogP contribution is 2.34. The third-order valence-electron chi connectivity index (χ3n) is 4.00. The zero-order valence-electron chi connectivity index (χ0n) is 11.4. The fourth-order valence-corrected chi connectivity index (χ4v) is 3.06. The van der Waals surface area contributed by atoms with Crippen molar-refractivity contribution >= 4 is 0 Å². The zero-order chi connectivity index (χ0) is 12.5. The summed E-state index contributed by atoms with van der Waals surface area (Å²) in [6.07, 6.45) is 5.58. The van der Waals surface area contributed by atoms with Gasteiger partial charge in [-0.1, -0.05) is 13.8 Å². The summed E-state index contributed by atoms with van der Waals surface area (Å²) in [4.78, 5) is 0. The number of hydrogen-bond acceptors (Lipinski definition) is 2. The molecule has 2 rings (SSSR count). The maximum Gasteiger partial charge on any atom is 0.0624 e. The first-order chi connectivity index (χ1) is 8.06. The molecule has 2 N–H and O–H groups in total. The summed E-state index contributed by atoms with van der Waals surface area (Å²) in [5.41, 5.74) is 9.04. The Bertz CT molecular complexity index is 383. The van der Waals surface area contributed by atoms with E-state index in [-0.39, 0.29) is 5.54 Å². The Balaban J connectivity index is 2.14. The first-order valence-corrected chi connectivity index (χ1v) is 6.91. The molecule has 0 bridgehead atoms. The van der Waals surface area contributed by atoms with Crippen molar-refractivity contribution < 1.29 is 0 Å². The van der Waals surface area contributed by atoms with Gasteiger partial charge < -0.3 is 5.73 Å². The Labute approximate surface area is 104 Å². The van der Waals surface area contributed by atoms with Crippen LogP contribution in [-0.4, -0.2) is 15.3 Å². The molecule has 1 saturated carbocycles. The summed E-state index contributed by atoms with van der Waals surface area (Å²) in [5, 5.41) is 4.60. The summed E-state index contributed by atoms with van der Waals surface area (Å²) in [6, 6.07) is 2.24. The van der Waals surface area contributed by atoms with Crippen molar-refractivity contribution in [2.24, 2.45) is 11.7 Å². The van der Waals surface area contributed by atoms with Gasteiger partial charge in [0.15, 0.2) is 0 Å². The van der Waals surface area contributed by atoms with Crippen LogP contribution in [0, 0.1) is 5.92 Å². The van der Waals surface area contributed by atoms with Crippen LogP contribution in [0.4, 0.5) is 0 Å². The van der Waals surface area contributed by atoms with E-state index in [9.17, 15) is 0 Å². The van der Waals surface area contributed by atoms with Crippen LogP contribution in [0.15, 0.2) is 6.07 Å².